The molecule has 0 N–H and O–H groups in total. The number of hydrogen-bond acceptors (Lipinski definition) is 4. The van der Waals surface area contributed by atoms with Gasteiger partial charge < -0.3 is 4.74 Å². The molecule has 1 aliphatic rings. The van der Waals surface area contributed by atoms with Gasteiger partial charge in [-0.3, -0.25) is 14.5 Å². The van der Waals surface area contributed by atoms with Crippen LogP contribution in [-0.4, -0.2) is 22.7 Å². The van der Waals surface area contributed by atoms with E-state index >= 15 is 0 Å². The average Bonchev–Trinajstić information content (AvgIpc) is 2.87. The average molecular weight is 626 g/mol. The molecule has 8 heteroatoms. The van der Waals surface area contributed by atoms with Crippen molar-refractivity contribution >= 4 is 85.8 Å². The van der Waals surface area contributed by atoms with Crippen LogP contribution in [0.5, 0.6) is 5.75 Å². The van der Waals surface area contributed by atoms with Crippen molar-refractivity contribution in [3.05, 3.63) is 64.6 Å². The number of carbonyl (C=O) groups is 2. The highest BCUT2D eigenvalue weighted by atomic mass is 127. The van der Waals surface area contributed by atoms with Crippen LogP contribution in [0, 0.1) is 7.14 Å². The molecule has 1 heterocycles. The number of carbonyl (C=O) groups excluding carboxylic acids is 2. The van der Waals surface area contributed by atoms with Crippen molar-refractivity contribution in [1.82, 2.24) is 4.90 Å². The molecule has 140 valence electrons. The van der Waals surface area contributed by atoms with Gasteiger partial charge in [0, 0.05) is 5.02 Å². The Hall–Kier alpha value is -0.780. The molecule has 2 aromatic rings. The molecular weight excluding hydrogens is 612 g/mol. The molecule has 0 bridgehead atoms. The van der Waals surface area contributed by atoms with Crippen LogP contribution in [0.2, 0.25) is 5.02 Å². The van der Waals surface area contributed by atoms with E-state index in [1.165, 1.54) is 4.90 Å². The van der Waals surface area contributed by atoms with E-state index in [1.54, 1.807) is 12.1 Å². The van der Waals surface area contributed by atoms with E-state index in [9.17, 15) is 9.59 Å². The zero-order chi connectivity index (χ0) is 19.6. The SMILES string of the molecule is CCOc1c(I)cc(/C=C2\SC(=O)N(Cc3ccccc3Cl)C2=O)cc1I. The van der Waals surface area contributed by atoms with Crippen LogP contribution in [0.3, 0.4) is 0 Å². The Bertz CT molecular complexity index is 925. The van der Waals surface area contributed by atoms with E-state index < -0.39 is 0 Å². The first-order valence-corrected chi connectivity index (χ1v) is 11.4. The van der Waals surface area contributed by atoms with Crippen molar-refractivity contribution in [2.75, 3.05) is 6.61 Å². The number of nitrogens with zero attached hydrogens (tertiary/aromatic N) is 1. The monoisotopic (exact) mass is 625 g/mol. The summed E-state index contributed by atoms with van der Waals surface area (Å²) >= 11 is 11.5. The number of amides is 2. The molecule has 0 aliphatic carbocycles. The first-order chi connectivity index (χ1) is 12.9. The number of thioether (sulfide) groups is 1. The van der Waals surface area contributed by atoms with Gasteiger partial charge in [-0.15, -0.1) is 0 Å². The minimum atomic E-state index is -0.302. The van der Waals surface area contributed by atoms with Crippen molar-refractivity contribution in [1.29, 1.82) is 0 Å². The van der Waals surface area contributed by atoms with E-state index in [0.29, 0.717) is 16.5 Å². The molecule has 1 saturated heterocycles. The largest absolute Gasteiger partial charge is 0.492 e. The van der Waals surface area contributed by atoms with Gasteiger partial charge in [-0.1, -0.05) is 29.8 Å². The standard InChI is InChI=1S/C19H14ClI2NO3S/c1-2-26-17-14(21)7-11(8-15(17)22)9-16-18(24)23(19(25)27-16)10-12-5-3-4-6-13(12)20/h3-9H,2,10H2,1H3/b16-9-. The fraction of sp³-hybridized carbons (Fsp3) is 0.158. The van der Waals surface area contributed by atoms with Gasteiger partial charge >= 0.3 is 0 Å². The highest BCUT2D eigenvalue weighted by Gasteiger charge is 2.35. The molecule has 1 aliphatic heterocycles. The summed E-state index contributed by atoms with van der Waals surface area (Å²) in [4.78, 5) is 26.7. The van der Waals surface area contributed by atoms with Gasteiger partial charge in [0.15, 0.2) is 0 Å². The lowest BCUT2D eigenvalue weighted by molar-refractivity contribution is -0.123. The second-order valence-electron chi connectivity index (χ2n) is 5.61. The molecule has 3 rings (SSSR count). The summed E-state index contributed by atoms with van der Waals surface area (Å²) in [6.07, 6.45) is 1.75. The van der Waals surface area contributed by atoms with Gasteiger partial charge in [0.2, 0.25) is 0 Å². The van der Waals surface area contributed by atoms with E-state index in [2.05, 4.69) is 45.2 Å². The maximum atomic E-state index is 12.7. The van der Waals surface area contributed by atoms with Gasteiger partial charge in [-0.05, 0) is 99.3 Å². The minimum Gasteiger partial charge on any atom is -0.492 e. The van der Waals surface area contributed by atoms with E-state index in [-0.39, 0.29) is 17.7 Å². The lowest BCUT2D eigenvalue weighted by Gasteiger charge is -2.13. The molecule has 4 nitrogen and oxygen atoms in total. The van der Waals surface area contributed by atoms with Crippen LogP contribution in [0.1, 0.15) is 18.1 Å². The summed E-state index contributed by atoms with van der Waals surface area (Å²) in [6, 6.07) is 11.1. The third kappa shape index (κ3) is 4.80. The number of benzene rings is 2. The number of imide groups is 1. The fourth-order valence-electron chi connectivity index (χ4n) is 2.53. The van der Waals surface area contributed by atoms with Crippen LogP contribution in [0.4, 0.5) is 4.79 Å². The fourth-order valence-corrected chi connectivity index (χ4v) is 5.69. The van der Waals surface area contributed by atoms with Crippen LogP contribution < -0.4 is 4.74 Å². The Morgan fingerprint density at radius 1 is 1.19 bits per heavy atom. The first kappa shape index (κ1) is 20.9. The molecule has 0 unspecified atom stereocenters. The molecule has 2 amide bonds. The van der Waals surface area contributed by atoms with Crippen LogP contribution in [0.15, 0.2) is 41.3 Å². The molecule has 1 fully saturated rings. The highest BCUT2D eigenvalue weighted by molar-refractivity contribution is 14.1. The summed E-state index contributed by atoms with van der Waals surface area (Å²) < 4.78 is 7.56. The number of rotatable bonds is 5. The zero-order valence-electron chi connectivity index (χ0n) is 14.2. The Kier molecular flexibility index (Phi) is 7.09. The van der Waals surface area contributed by atoms with Crippen LogP contribution in [0.25, 0.3) is 6.08 Å². The van der Waals surface area contributed by atoms with E-state index in [0.717, 1.165) is 35.8 Å². The maximum Gasteiger partial charge on any atom is 0.293 e. The molecule has 0 aromatic heterocycles. The lowest BCUT2D eigenvalue weighted by atomic mass is 10.2. The number of halogens is 3. The molecule has 27 heavy (non-hydrogen) atoms. The molecule has 2 aromatic carbocycles. The number of ether oxygens (including phenoxy) is 1. The predicted octanol–water partition coefficient (Wildman–Crippen LogP) is 6.18. The second-order valence-corrected chi connectivity index (χ2v) is 9.33. The molecule has 0 spiro atoms. The molecule has 0 saturated carbocycles. The summed E-state index contributed by atoms with van der Waals surface area (Å²) in [5, 5.41) is 0.248. The van der Waals surface area contributed by atoms with Crippen molar-refractivity contribution in [3.63, 3.8) is 0 Å². The predicted molar refractivity (Wildman–Crippen MR) is 126 cm³/mol. The molecule has 0 atom stereocenters. The Labute approximate surface area is 193 Å². The topological polar surface area (TPSA) is 46.6 Å². The van der Waals surface area contributed by atoms with Crippen molar-refractivity contribution in [2.45, 2.75) is 13.5 Å². The summed E-state index contributed by atoms with van der Waals surface area (Å²) in [6.45, 7) is 2.70. The van der Waals surface area contributed by atoms with Crippen molar-refractivity contribution < 1.29 is 14.3 Å². The Balaban J connectivity index is 1.85. The summed E-state index contributed by atoms with van der Waals surface area (Å²) in [7, 11) is 0. The van der Waals surface area contributed by atoms with Crippen LogP contribution in [-0.2, 0) is 11.3 Å². The molecule has 0 radical (unpaired) electrons. The smallest absolute Gasteiger partial charge is 0.293 e. The van der Waals surface area contributed by atoms with Crippen LogP contribution >= 0.6 is 68.5 Å². The second kappa shape index (κ2) is 9.15. The zero-order valence-corrected chi connectivity index (χ0v) is 20.1. The summed E-state index contributed by atoms with van der Waals surface area (Å²) in [5.41, 5.74) is 1.60. The lowest BCUT2D eigenvalue weighted by Crippen LogP contribution is -2.27. The highest BCUT2D eigenvalue weighted by Crippen LogP contribution is 2.36. The number of hydrogen-bond donors (Lipinski definition) is 0. The van der Waals surface area contributed by atoms with Gasteiger partial charge in [0.05, 0.1) is 25.2 Å². The van der Waals surface area contributed by atoms with E-state index in [4.69, 9.17) is 16.3 Å². The quantitative estimate of drug-likeness (QED) is 0.294. The van der Waals surface area contributed by atoms with Crippen molar-refractivity contribution in [2.24, 2.45) is 0 Å². The third-order valence-electron chi connectivity index (χ3n) is 3.77. The van der Waals surface area contributed by atoms with Gasteiger partial charge in [-0.2, -0.15) is 0 Å². The van der Waals surface area contributed by atoms with Crippen molar-refractivity contribution in [3.8, 4) is 5.75 Å². The Morgan fingerprint density at radius 3 is 2.48 bits per heavy atom. The van der Waals surface area contributed by atoms with Gasteiger partial charge in [0.1, 0.15) is 5.75 Å². The first-order valence-electron chi connectivity index (χ1n) is 8.01. The maximum absolute atomic E-state index is 12.7. The van der Waals surface area contributed by atoms with Gasteiger partial charge in [-0.25, -0.2) is 0 Å². The third-order valence-corrected chi connectivity index (χ3v) is 6.65. The normalized spacial score (nSPS) is 15.7. The summed E-state index contributed by atoms with van der Waals surface area (Å²) in [5.74, 6) is 0.534. The molecular formula is C19H14ClI2NO3S. The Morgan fingerprint density at radius 2 is 1.85 bits per heavy atom. The van der Waals surface area contributed by atoms with Gasteiger partial charge in [0.25, 0.3) is 11.1 Å². The minimum absolute atomic E-state index is 0.167. The van der Waals surface area contributed by atoms with E-state index in [1.807, 2.05) is 37.3 Å².